The van der Waals surface area contributed by atoms with E-state index >= 15 is 0 Å². The monoisotopic (exact) mass is 499 g/mol. The normalized spacial score (nSPS) is 14.8. The van der Waals surface area contributed by atoms with Crippen molar-refractivity contribution in [1.82, 2.24) is 25.1 Å². The molecular weight excluding hydrogens is 472 g/mol. The third kappa shape index (κ3) is 4.95. The maximum absolute atomic E-state index is 13.7. The van der Waals surface area contributed by atoms with Crippen molar-refractivity contribution in [2.24, 2.45) is 0 Å². The standard InChI is InChI=1S/C28H27F2N7/c1-36-7-2-8-37(10-9-36)22-4-5-23-26(16-22)31-17-32-27(23)33-28-24-14-18(3-6-25(24)34-35-28)11-19-12-20(29)15-21(30)13-19/h3-6,12-17H,2,7-11H2,1H3,(H2,31,32,33,34,35). The van der Waals surface area contributed by atoms with Gasteiger partial charge in [0.05, 0.1) is 11.0 Å². The molecule has 5 aromatic rings. The lowest BCUT2D eigenvalue weighted by Crippen LogP contribution is -2.28. The molecule has 0 atom stereocenters. The van der Waals surface area contributed by atoms with E-state index in [0.717, 1.165) is 71.7 Å². The summed E-state index contributed by atoms with van der Waals surface area (Å²) in [5, 5.41) is 12.6. The minimum Gasteiger partial charge on any atom is -0.370 e. The van der Waals surface area contributed by atoms with Crippen LogP contribution in [0.3, 0.4) is 0 Å². The lowest BCUT2D eigenvalue weighted by Gasteiger charge is -2.23. The molecule has 1 fully saturated rings. The number of halogens is 2. The van der Waals surface area contributed by atoms with Gasteiger partial charge in [-0.3, -0.25) is 5.10 Å². The largest absolute Gasteiger partial charge is 0.370 e. The van der Waals surface area contributed by atoms with E-state index in [2.05, 4.69) is 60.5 Å². The predicted molar refractivity (Wildman–Crippen MR) is 142 cm³/mol. The molecule has 0 saturated carbocycles. The van der Waals surface area contributed by atoms with E-state index < -0.39 is 11.6 Å². The Morgan fingerprint density at radius 2 is 1.70 bits per heavy atom. The molecule has 7 nitrogen and oxygen atoms in total. The van der Waals surface area contributed by atoms with Crippen LogP contribution in [0.25, 0.3) is 21.8 Å². The Hall–Kier alpha value is -4.11. The molecule has 1 aliphatic heterocycles. The fourth-order valence-electron chi connectivity index (χ4n) is 4.97. The number of fused-ring (bicyclic) bond motifs is 2. The Bertz CT molecular complexity index is 1560. The predicted octanol–water partition coefficient (Wildman–Crippen LogP) is 5.26. The molecule has 0 unspecified atom stereocenters. The molecule has 188 valence electrons. The summed E-state index contributed by atoms with van der Waals surface area (Å²) in [4.78, 5) is 13.8. The zero-order valence-corrected chi connectivity index (χ0v) is 20.5. The van der Waals surface area contributed by atoms with Gasteiger partial charge in [0.2, 0.25) is 0 Å². The first-order valence-electron chi connectivity index (χ1n) is 12.4. The topological polar surface area (TPSA) is 73.0 Å². The number of H-pyrrole nitrogens is 1. The summed E-state index contributed by atoms with van der Waals surface area (Å²) < 4.78 is 27.3. The van der Waals surface area contributed by atoms with Crippen LogP contribution in [-0.2, 0) is 6.42 Å². The molecule has 37 heavy (non-hydrogen) atoms. The van der Waals surface area contributed by atoms with Crippen LogP contribution < -0.4 is 10.2 Å². The molecule has 0 amide bonds. The third-order valence-corrected chi connectivity index (χ3v) is 6.90. The SMILES string of the molecule is CN1CCCN(c2ccc3c(Nc4n[nH]c5ccc(Cc6cc(F)cc(F)c6)cc45)ncnc3c2)CC1. The van der Waals surface area contributed by atoms with Gasteiger partial charge < -0.3 is 15.1 Å². The first kappa shape index (κ1) is 23.3. The van der Waals surface area contributed by atoms with Gasteiger partial charge in [-0.2, -0.15) is 5.10 Å². The number of likely N-dealkylation sites (N-methyl/N-ethyl adjacent to an activating group) is 1. The lowest BCUT2D eigenvalue weighted by molar-refractivity contribution is 0.360. The van der Waals surface area contributed by atoms with Crippen LogP contribution in [0.4, 0.5) is 26.1 Å². The van der Waals surface area contributed by atoms with Crippen molar-refractivity contribution in [1.29, 1.82) is 0 Å². The number of aromatic nitrogens is 4. The van der Waals surface area contributed by atoms with Gasteiger partial charge in [0.15, 0.2) is 5.82 Å². The first-order chi connectivity index (χ1) is 18.0. The molecule has 3 heterocycles. The molecule has 2 N–H and O–H groups in total. The van der Waals surface area contributed by atoms with Crippen molar-refractivity contribution in [3.8, 4) is 0 Å². The second kappa shape index (κ2) is 9.74. The average molecular weight is 500 g/mol. The second-order valence-corrected chi connectivity index (χ2v) is 9.60. The van der Waals surface area contributed by atoms with Crippen LogP contribution in [0.15, 0.2) is 60.9 Å². The van der Waals surface area contributed by atoms with Crippen LogP contribution >= 0.6 is 0 Å². The zero-order chi connectivity index (χ0) is 25.4. The van der Waals surface area contributed by atoms with Crippen LogP contribution in [0.2, 0.25) is 0 Å². The number of rotatable bonds is 5. The smallest absolute Gasteiger partial charge is 0.161 e. The minimum atomic E-state index is -0.580. The fourth-order valence-corrected chi connectivity index (χ4v) is 4.97. The number of benzene rings is 3. The van der Waals surface area contributed by atoms with Gasteiger partial charge in [0, 0.05) is 42.2 Å². The van der Waals surface area contributed by atoms with Crippen molar-refractivity contribution in [2.45, 2.75) is 12.8 Å². The number of hydrogen-bond acceptors (Lipinski definition) is 6. The number of nitrogens with zero attached hydrogens (tertiary/aromatic N) is 5. The van der Waals surface area contributed by atoms with Crippen molar-refractivity contribution in [2.75, 3.05) is 43.4 Å². The van der Waals surface area contributed by atoms with Gasteiger partial charge in [-0.15, -0.1) is 0 Å². The van der Waals surface area contributed by atoms with Crippen LogP contribution in [0.1, 0.15) is 17.5 Å². The van der Waals surface area contributed by atoms with E-state index in [4.69, 9.17) is 0 Å². The van der Waals surface area contributed by atoms with Gasteiger partial charge in [-0.1, -0.05) is 6.07 Å². The summed E-state index contributed by atoms with van der Waals surface area (Å²) in [7, 11) is 2.16. The van der Waals surface area contributed by atoms with Gasteiger partial charge in [0.25, 0.3) is 0 Å². The van der Waals surface area contributed by atoms with E-state index in [9.17, 15) is 8.78 Å². The molecular formula is C28H27F2N7. The fraction of sp³-hybridized carbons (Fsp3) is 0.250. The highest BCUT2D eigenvalue weighted by atomic mass is 19.1. The first-order valence-corrected chi connectivity index (χ1v) is 12.4. The molecule has 3 aromatic carbocycles. The van der Waals surface area contributed by atoms with Gasteiger partial charge in [-0.05, 0) is 80.0 Å². The highest BCUT2D eigenvalue weighted by molar-refractivity contribution is 5.97. The molecule has 6 rings (SSSR count). The summed E-state index contributed by atoms with van der Waals surface area (Å²) in [6.45, 7) is 4.16. The molecule has 0 spiro atoms. The summed E-state index contributed by atoms with van der Waals surface area (Å²) in [5.74, 6) is 0.132. The Balaban J connectivity index is 1.28. The Kier molecular flexibility index (Phi) is 6.13. The number of anilines is 3. The minimum absolute atomic E-state index is 0.404. The van der Waals surface area contributed by atoms with E-state index in [1.54, 1.807) is 6.33 Å². The maximum Gasteiger partial charge on any atom is 0.161 e. The Morgan fingerprint density at radius 1 is 0.838 bits per heavy atom. The highest BCUT2D eigenvalue weighted by Crippen LogP contribution is 2.30. The molecule has 0 bridgehead atoms. The molecule has 1 saturated heterocycles. The number of hydrogen-bond donors (Lipinski definition) is 2. The molecule has 2 aromatic heterocycles. The van der Waals surface area contributed by atoms with E-state index in [-0.39, 0.29) is 0 Å². The van der Waals surface area contributed by atoms with Crippen LogP contribution in [-0.4, -0.2) is 58.3 Å². The van der Waals surface area contributed by atoms with Gasteiger partial charge in [-0.25, -0.2) is 18.7 Å². The summed E-state index contributed by atoms with van der Waals surface area (Å²) in [6.07, 6.45) is 3.09. The van der Waals surface area contributed by atoms with Crippen molar-refractivity contribution < 1.29 is 8.78 Å². The summed E-state index contributed by atoms with van der Waals surface area (Å²) in [5.41, 5.74) is 4.37. The maximum atomic E-state index is 13.7. The second-order valence-electron chi connectivity index (χ2n) is 9.60. The van der Waals surface area contributed by atoms with Gasteiger partial charge >= 0.3 is 0 Å². The summed E-state index contributed by atoms with van der Waals surface area (Å²) in [6, 6.07) is 15.7. The molecule has 9 heteroatoms. The average Bonchev–Trinajstić information content (AvgIpc) is 3.13. The zero-order valence-electron chi connectivity index (χ0n) is 20.5. The quantitative estimate of drug-likeness (QED) is 0.344. The Labute approximate surface area is 213 Å². The van der Waals surface area contributed by atoms with Crippen LogP contribution in [0.5, 0.6) is 0 Å². The van der Waals surface area contributed by atoms with Gasteiger partial charge in [0.1, 0.15) is 23.8 Å². The number of nitrogens with one attached hydrogen (secondary N) is 2. The van der Waals surface area contributed by atoms with E-state index in [1.807, 2.05) is 18.2 Å². The van der Waals surface area contributed by atoms with E-state index in [1.165, 1.54) is 12.1 Å². The van der Waals surface area contributed by atoms with Crippen LogP contribution in [0, 0.1) is 11.6 Å². The Morgan fingerprint density at radius 3 is 2.57 bits per heavy atom. The lowest BCUT2D eigenvalue weighted by atomic mass is 10.0. The third-order valence-electron chi connectivity index (χ3n) is 6.90. The van der Waals surface area contributed by atoms with Crippen molar-refractivity contribution in [3.05, 3.63) is 83.7 Å². The molecule has 0 radical (unpaired) electrons. The highest BCUT2D eigenvalue weighted by Gasteiger charge is 2.15. The molecule has 0 aliphatic carbocycles. The molecule has 1 aliphatic rings. The van der Waals surface area contributed by atoms with Crippen molar-refractivity contribution >= 4 is 39.1 Å². The van der Waals surface area contributed by atoms with Crippen molar-refractivity contribution in [3.63, 3.8) is 0 Å². The van der Waals surface area contributed by atoms with E-state index in [0.29, 0.717) is 23.6 Å². The number of aromatic amines is 1. The summed E-state index contributed by atoms with van der Waals surface area (Å²) >= 11 is 0.